The van der Waals surface area contributed by atoms with Gasteiger partial charge in [0.15, 0.2) is 5.76 Å². The zero-order chi connectivity index (χ0) is 18.7. The molecule has 2 amide bonds. The van der Waals surface area contributed by atoms with Crippen molar-refractivity contribution in [2.75, 3.05) is 0 Å². The minimum absolute atomic E-state index is 0.0187. The van der Waals surface area contributed by atoms with E-state index in [0.717, 1.165) is 0 Å². The molecule has 11 nitrogen and oxygen atoms in total. The van der Waals surface area contributed by atoms with Crippen LogP contribution in [-0.4, -0.2) is 26.8 Å². The molecule has 0 aliphatic rings. The molecule has 0 aromatic carbocycles. The molecule has 136 valence electrons. The van der Waals surface area contributed by atoms with E-state index in [1.807, 2.05) is 0 Å². The van der Waals surface area contributed by atoms with Gasteiger partial charge in [-0.05, 0) is 25.1 Å². The van der Waals surface area contributed by atoms with E-state index in [2.05, 4.69) is 16.0 Å². The van der Waals surface area contributed by atoms with E-state index >= 15 is 0 Å². The fourth-order valence-corrected chi connectivity index (χ4v) is 2.17. The molecule has 3 aromatic heterocycles. The first-order valence-corrected chi connectivity index (χ1v) is 7.43. The topological polar surface area (TPSA) is 150 Å². The van der Waals surface area contributed by atoms with Crippen LogP contribution in [0.1, 0.15) is 32.4 Å². The smallest absolute Gasteiger partial charge is 0.305 e. The Balaban J connectivity index is 1.57. The van der Waals surface area contributed by atoms with E-state index in [1.165, 1.54) is 35.5 Å². The highest BCUT2D eigenvalue weighted by Gasteiger charge is 2.15. The summed E-state index contributed by atoms with van der Waals surface area (Å²) in [5.74, 6) is -0.356. The number of aryl methyl sites for hydroxylation is 1. The number of nitrogens with zero attached hydrogens (tertiary/aromatic N) is 2. The number of carbonyl (C=O) groups excluding carboxylic acids is 2. The third-order valence-corrected chi connectivity index (χ3v) is 3.48. The van der Waals surface area contributed by atoms with Crippen molar-refractivity contribution >= 4 is 17.5 Å². The average molecular weight is 361 g/mol. The Bertz CT molecular complexity index is 925. The molecule has 11 heteroatoms. The van der Waals surface area contributed by atoms with Gasteiger partial charge < -0.3 is 14.0 Å². The Morgan fingerprint density at radius 3 is 2.73 bits per heavy atom. The first kappa shape index (κ1) is 17.4. The molecule has 3 rings (SSSR count). The van der Waals surface area contributed by atoms with Gasteiger partial charge in [-0.2, -0.15) is 10.3 Å². The van der Waals surface area contributed by atoms with Crippen molar-refractivity contribution in [3.8, 4) is 0 Å². The first-order valence-electron chi connectivity index (χ1n) is 7.43. The van der Waals surface area contributed by atoms with Crippen molar-refractivity contribution in [2.45, 2.75) is 13.5 Å². The van der Waals surface area contributed by atoms with Crippen molar-refractivity contribution in [3.05, 3.63) is 64.9 Å². The highest BCUT2D eigenvalue weighted by Crippen LogP contribution is 2.11. The highest BCUT2D eigenvalue weighted by atomic mass is 16.8. The maximum atomic E-state index is 12.0. The van der Waals surface area contributed by atoms with Gasteiger partial charge in [-0.15, -0.1) is 0 Å². The lowest BCUT2D eigenvalue weighted by Gasteiger charge is -2.07. The van der Waals surface area contributed by atoms with Crippen LogP contribution in [0.2, 0.25) is 0 Å². The number of quaternary nitrogens is 1. The van der Waals surface area contributed by atoms with Gasteiger partial charge in [0.05, 0.1) is 24.6 Å². The number of carbonyl (C=O) groups is 2. The summed E-state index contributed by atoms with van der Waals surface area (Å²) < 4.78 is 11.8. The summed E-state index contributed by atoms with van der Waals surface area (Å²) >= 11 is 0. The van der Waals surface area contributed by atoms with Crippen LogP contribution in [0.25, 0.3) is 0 Å². The molecule has 3 heterocycles. The van der Waals surface area contributed by atoms with Gasteiger partial charge in [-0.3, -0.25) is 25.1 Å². The van der Waals surface area contributed by atoms with Gasteiger partial charge in [-0.25, -0.2) is 5.21 Å². The maximum Gasteiger partial charge on any atom is 0.305 e. The molecule has 0 aliphatic heterocycles. The number of furan rings is 2. The van der Waals surface area contributed by atoms with Crippen LogP contribution in [0.4, 0.5) is 5.69 Å². The third kappa shape index (κ3) is 3.80. The van der Waals surface area contributed by atoms with Crippen LogP contribution in [0, 0.1) is 12.1 Å². The minimum Gasteiger partial charge on any atom is -0.595 e. The Morgan fingerprint density at radius 1 is 1.31 bits per heavy atom. The molecule has 26 heavy (non-hydrogen) atoms. The van der Waals surface area contributed by atoms with Gasteiger partial charge in [0.1, 0.15) is 17.7 Å². The molecule has 4 N–H and O–H groups in total. The predicted octanol–water partition coefficient (Wildman–Crippen LogP) is -0.0960. The molecule has 0 aliphatic carbocycles. The lowest BCUT2D eigenvalue weighted by atomic mass is 10.2. The lowest BCUT2D eigenvalue weighted by Crippen LogP contribution is -2.99. The number of hydrazine groups is 1. The van der Waals surface area contributed by atoms with E-state index in [4.69, 9.17) is 14.0 Å². The second-order valence-electron chi connectivity index (χ2n) is 5.30. The molecule has 0 radical (unpaired) electrons. The average Bonchev–Trinajstić information content (AvgIpc) is 3.33. The van der Waals surface area contributed by atoms with Crippen LogP contribution in [0.3, 0.4) is 0 Å². The summed E-state index contributed by atoms with van der Waals surface area (Å²) in [5.41, 5.74) is 4.85. The van der Waals surface area contributed by atoms with E-state index in [1.54, 1.807) is 13.0 Å². The molecule has 3 aromatic rings. The van der Waals surface area contributed by atoms with Crippen LogP contribution in [-0.2, 0) is 6.54 Å². The monoisotopic (exact) mass is 361 g/mol. The Hall–Kier alpha value is -3.41. The summed E-state index contributed by atoms with van der Waals surface area (Å²) in [5, 5.41) is 22.5. The fourth-order valence-electron chi connectivity index (χ4n) is 2.17. The number of amides is 2. The van der Waals surface area contributed by atoms with Gasteiger partial charge in [-0.1, -0.05) is 0 Å². The number of hydrogen-bond acceptors (Lipinski definition) is 7. The molecule has 0 saturated carbocycles. The predicted molar refractivity (Wildman–Crippen MR) is 84.2 cm³/mol. The highest BCUT2D eigenvalue weighted by molar-refractivity contribution is 5.98. The lowest BCUT2D eigenvalue weighted by molar-refractivity contribution is -0.991. The van der Waals surface area contributed by atoms with Gasteiger partial charge in [0.25, 0.3) is 5.91 Å². The summed E-state index contributed by atoms with van der Waals surface area (Å²) in [6, 6.07) is 4.47. The molecule has 1 atom stereocenters. The van der Waals surface area contributed by atoms with Crippen LogP contribution >= 0.6 is 0 Å². The number of aromatic nitrogens is 2. The molecular formula is C15H15N5O6. The Labute approximate surface area is 146 Å². The fraction of sp³-hybridized carbons (Fsp3) is 0.133. The first-order chi connectivity index (χ1) is 12.4. The normalized spacial score (nSPS) is 12.0. The van der Waals surface area contributed by atoms with E-state index in [0.29, 0.717) is 17.1 Å². The van der Waals surface area contributed by atoms with Crippen molar-refractivity contribution in [1.29, 1.82) is 0 Å². The van der Waals surface area contributed by atoms with Crippen molar-refractivity contribution < 1.29 is 28.9 Å². The number of hydrogen-bond donors (Lipinski definition) is 4. The molecule has 0 bridgehead atoms. The van der Waals surface area contributed by atoms with E-state index in [9.17, 15) is 14.8 Å². The SMILES string of the molecule is Cc1occc1C(=O)NNC(=O)c1ccc(Cn2cc([NH+]([O-])O)cn2)o1. The standard InChI is InChI=1S/C15H15N5O6/c1-9-12(4-5-25-9)14(21)17-18-15(22)13-3-2-11(26-13)8-19-7-10(6-16-19)20(23)24/h2-7,20,23H,8H2,1H3,(H,17,21)(H,18,22). The zero-order valence-corrected chi connectivity index (χ0v) is 13.6. The molecule has 0 fully saturated rings. The minimum atomic E-state index is -1.08. The molecule has 0 spiro atoms. The second kappa shape index (κ2) is 7.23. The summed E-state index contributed by atoms with van der Waals surface area (Å²) in [4.78, 5) is 23.9. The Morgan fingerprint density at radius 2 is 2.08 bits per heavy atom. The summed E-state index contributed by atoms with van der Waals surface area (Å²) in [7, 11) is 0. The molecular weight excluding hydrogens is 346 g/mol. The molecule has 0 saturated heterocycles. The van der Waals surface area contributed by atoms with Crippen molar-refractivity contribution in [3.63, 3.8) is 0 Å². The van der Waals surface area contributed by atoms with E-state index in [-0.39, 0.29) is 18.0 Å². The Kier molecular flexibility index (Phi) is 4.84. The van der Waals surface area contributed by atoms with Crippen LogP contribution < -0.4 is 16.1 Å². The number of rotatable bonds is 5. The van der Waals surface area contributed by atoms with Gasteiger partial charge >= 0.3 is 5.91 Å². The zero-order valence-electron chi connectivity index (χ0n) is 13.6. The van der Waals surface area contributed by atoms with Gasteiger partial charge in [0, 0.05) is 0 Å². The number of nitrogens with one attached hydrogen (secondary N) is 3. The second-order valence-corrected chi connectivity index (χ2v) is 5.30. The maximum absolute atomic E-state index is 12.0. The summed E-state index contributed by atoms with van der Waals surface area (Å²) in [6.07, 6.45) is 3.93. The van der Waals surface area contributed by atoms with Crippen molar-refractivity contribution in [1.82, 2.24) is 20.6 Å². The summed E-state index contributed by atoms with van der Waals surface area (Å²) in [6.45, 7) is 1.78. The quantitative estimate of drug-likeness (QED) is 0.464. The van der Waals surface area contributed by atoms with Crippen LogP contribution in [0.15, 0.2) is 45.7 Å². The van der Waals surface area contributed by atoms with Crippen LogP contribution in [0.5, 0.6) is 0 Å². The van der Waals surface area contributed by atoms with Gasteiger partial charge in [0.2, 0.25) is 5.69 Å². The largest absolute Gasteiger partial charge is 0.595 e. The molecule has 1 unspecified atom stereocenters. The van der Waals surface area contributed by atoms with Crippen molar-refractivity contribution in [2.24, 2.45) is 0 Å². The third-order valence-electron chi connectivity index (χ3n) is 3.48. The van der Waals surface area contributed by atoms with E-state index < -0.39 is 17.0 Å².